The maximum atomic E-state index is 4.34. The zero-order chi connectivity index (χ0) is 11.8. The smallest absolute Gasteiger partial charge is 0.134 e. The quantitative estimate of drug-likeness (QED) is 0.817. The normalized spacial score (nSPS) is 21.6. The summed E-state index contributed by atoms with van der Waals surface area (Å²) in [7, 11) is 1.90. The van der Waals surface area contributed by atoms with Crippen LogP contribution in [0.15, 0.2) is 6.33 Å². The van der Waals surface area contributed by atoms with Crippen molar-refractivity contribution < 1.29 is 0 Å². The average molecular weight is 220 g/mol. The van der Waals surface area contributed by atoms with Crippen LogP contribution in [0.5, 0.6) is 0 Å². The molecule has 1 unspecified atom stereocenters. The summed E-state index contributed by atoms with van der Waals surface area (Å²) in [6.45, 7) is 6.68. The van der Waals surface area contributed by atoms with Crippen molar-refractivity contribution in [3.63, 3.8) is 0 Å². The van der Waals surface area contributed by atoms with Crippen LogP contribution in [-0.2, 0) is 6.42 Å². The van der Waals surface area contributed by atoms with E-state index in [0.717, 1.165) is 18.1 Å². The Bertz CT molecular complexity index is 387. The van der Waals surface area contributed by atoms with Gasteiger partial charge in [0, 0.05) is 18.7 Å². The Morgan fingerprint density at radius 1 is 1.38 bits per heavy atom. The van der Waals surface area contributed by atoms with Crippen LogP contribution in [0.4, 0.5) is 11.6 Å². The van der Waals surface area contributed by atoms with E-state index in [1.807, 2.05) is 7.05 Å². The van der Waals surface area contributed by atoms with Gasteiger partial charge in [0.05, 0.1) is 0 Å². The van der Waals surface area contributed by atoms with E-state index in [-0.39, 0.29) is 0 Å². The van der Waals surface area contributed by atoms with E-state index in [1.54, 1.807) is 6.33 Å². The summed E-state index contributed by atoms with van der Waals surface area (Å²) < 4.78 is 0. The van der Waals surface area contributed by atoms with Gasteiger partial charge in [-0.15, -0.1) is 0 Å². The lowest BCUT2D eigenvalue weighted by Gasteiger charge is -2.13. The van der Waals surface area contributed by atoms with Crippen molar-refractivity contribution in [1.82, 2.24) is 9.97 Å². The Balaban J connectivity index is 2.20. The minimum atomic E-state index is 0.412. The van der Waals surface area contributed by atoms with Crippen molar-refractivity contribution in [2.45, 2.75) is 39.7 Å². The molecule has 1 aromatic heterocycles. The van der Waals surface area contributed by atoms with Gasteiger partial charge in [-0.1, -0.05) is 20.8 Å². The first-order valence-electron chi connectivity index (χ1n) is 5.86. The molecule has 16 heavy (non-hydrogen) atoms. The monoisotopic (exact) mass is 220 g/mol. The van der Waals surface area contributed by atoms with Crippen LogP contribution in [0.1, 0.15) is 32.8 Å². The molecule has 0 aliphatic heterocycles. The van der Waals surface area contributed by atoms with Crippen LogP contribution < -0.4 is 10.6 Å². The Kier molecular flexibility index (Phi) is 2.74. The summed E-state index contributed by atoms with van der Waals surface area (Å²) in [5, 5.41) is 6.62. The fourth-order valence-corrected chi connectivity index (χ4v) is 1.97. The van der Waals surface area contributed by atoms with Gasteiger partial charge in [-0.05, 0) is 18.3 Å². The van der Waals surface area contributed by atoms with Crippen LogP contribution in [0.2, 0.25) is 0 Å². The molecule has 0 amide bonds. The number of rotatable bonds is 4. The lowest BCUT2D eigenvalue weighted by atomic mass is 10.1. The van der Waals surface area contributed by atoms with E-state index >= 15 is 0 Å². The minimum absolute atomic E-state index is 0.412. The second-order valence-electron chi connectivity index (χ2n) is 5.04. The number of anilines is 2. The zero-order valence-corrected chi connectivity index (χ0v) is 10.5. The van der Waals surface area contributed by atoms with Crippen molar-refractivity contribution in [2.75, 3.05) is 17.7 Å². The molecule has 1 heterocycles. The van der Waals surface area contributed by atoms with Gasteiger partial charge in [0.1, 0.15) is 18.0 Å². The zero-order valence-electron chi connectivity index (χ0n) is 10.5. The van der Waals surface area contributed by atoms with Crippen LogP contribution in [-0.4, -0.2) is 23.1 Å². The fraction of sp³-hybridized carbons (Fsp3) is 0.667. The molecule has 1 aromatic rings. The number of hydrogen-bond donors (Lipinski definition) is 2. The largest absolute Gasteiger partial charge is 0.373 e. The summed E-state index contributed by atoms with van der Waals surface area (Å²) >= 11 is 0. The average Bonchev–Trinajstić information content (AvgIpc) is 2.85. The molecule has 88 valence electrons. The molecule has 2 rings (SSSR count). The van der Waals surface area contributed by atoms with Crippen LogP contribution in [0, 0.1) is 5.41 Å². The molecule has 0 bridgehead atoms. The first-order chi connectivity index (χ1) is 7.58. The van der Waals surface area contributed by atoms with Crippen LogP contribution >= 0.6 is 0 Å². The van der Waals surface area contributed by atoms with Gasteiger partial charge in [0.2, 0.25) is 0 Å². The van der Waals surface area contributed by atoms with Gasteiger partial charge >= 0.3 is 0 Å². The van der Waals surface area contributed by atoms with Crippen LogP contribution in [0.3, 0.4) is 0 Å². The Morgan fingerprint density at radius 2 is 2.00 bits per heavy atom. The maximum Gasteiger partial charge on any atom is 0.134 e. The van der Waals surface area contributed by atoms with Crippen molar-refractivity contribution in [3.05, 3.63) is 11.9 Å². The molecule has 4 heteroatoms. The molecule has 2 N–H and O–H groups in total. The van der Waals surface area contributed by atoms with E-state index in [2.05, 4.69) is 41.4 Å². The molecule has 0 saturated heterocycles. The van der Waals surface area contributed by atoms with Crippen LogP contribution in [0.25, 0.3) is 0 Å². The van der Waals surface area contributed by atoms with E-state index in [4.69, 9.17) is 0 Å². The highest BCUT2D eigenvalue weighted by Crippen LogP contribution is 2.46. The first kappa shape index (κ1) is 11.2. The first-order valence-corrected chi connectivity index (χ1v) is 5.86. The lowest BCUT2D eigenvalue weighted by molar-refractivity contribution is 0.629. The Hall–Kier alpha value is -1.32. The molecule has 1 saturated carbocycles. The Morgan fingerprint density at radius 3 is 2.50 bits per heavy atom. The standard InChI is InChI=1S/C12H20N4/c1-5-8-10(13-4)14-7-15-11(8)16-9-6-12(9,2)3/h7,9H,5-6H2,1-4H3,(H2,13,14,15,16). The third-order valence-corrected chi connectivity index (χ3v) is 3.36. The van der Waals surface area contributed by atoms with Crippen molar-refractivity contribution in [1.29, 1.82) is 0 Å². The highest BCUT2D eigenvalue weighted by Gasteiger charge is 2.46. The molecule has 1 aliphatic rings. The fourth-order valence-electron chi connectivity index (χ4n) is 1.97. The summed E-state index contributed by atoms with van der Waals surface area (Å²) in [4.78, 5) is 8.57. The lowest BCUT2D eigenvalue weighted by Crippen LogP contribution is -2.13. The second kappa shape index (κ2) is 3.92. The van der Waals surface area contributed by atoms with E-state index in [1.165, 1.54) is 12.0 Å². The molecular formula is C12H20N4. The summed E-state index contributed by atoms with van der Waals surface area (Å²) in [5.74, 6) is 1.91. The molecule has 1 fully saturated rings. The molecular weight excluding hydrogens is 200 g/mol. The predicted molar refractivity (Wildman–Crippen MR) is 66.8 cm³/mol. The highest BCUT2D eigenvalue weighted by atomic mass is 15.1. The van der Waals surface area contributed by atoms with E-state index in [9.17, 15) is 0 Å². The van der Waals surface area contributed by atoms with Gasteiger partial charge in [-0.25, -0.2) is 9.97 Å². The topological polar surface area (TPSA) is 49.8 Å². The summed E-state index contributed by atoms with van der Waals surface area (Å²) in [6.07, 6.45) is 3.77. The van der Waals surface area contributed by atoms with Crippen molar-refractivity contribution in [3.8, 4) is 0 Å². The SMILES string of the molecule is CCc1c(NC)ncnc1NC1CC1(C)C. The number of aromatic nitrogens is 2. The van der Waals surface area contributed by atoms with E-state index < -0.39 is 0 Å². The van der Waals surface area contributed by atoms with Crippen molar-refractivity contribution >= 4 is 11.6 Å². The van der Waals surface area contributed by atoms with Gasteiger partial charge in [-0.2, -0.15) is 0 Å². The van der Waals surface area contributed by atoms with Gasteiger partial charge in [0.15, 0.2) is 0 Å². The molecule has 0 spiro atoms. The number of nitrogens with one attached hydrogen (secondary N) is 2. The molecule has 0 radical (unpaired) electrons. The van der Waals surface area contributed by atoms with Crippen molar-refractivity contribution in [2.24, 2.45) is 5.41 Å². The Labute approximate surface area is 96.9 Å². The molecule has 0 aromatic carbocycles. The number of hydrogen-bond acceptors (Lipinski definition) is 4. The molecule has 4 nitrogen and oxygen atoms in total. The molecule has 1 aliphatic carbocycles. The predicted octanol–water partition coefficient (Wildman–Crippen LogP) is 2.29. The minimum Gasteiger partial charge on any atom is -0.373 e. The third kappa shape index (κ3) is 1.96. The summed E-state index contributed by atoms with van der Waals surface area (Å²) in [6, 6.07) is 0.553. The summed E-state index contributed by atoms with van der Waals surface area (Å²) in [5.41, 5.74) is 1.59. The number of nitrogens with zero attached hydrogens (tertiary/aromatic N) is 2. The van der Waals surface area contributed by atoms with Gasteiger partial charge in [-0.3, -0.25) is 0 Å². The van der Waals surface area contributed by atoms with Gasteiger partial charge in [0.25, 0.3) is 0 Å². The van der Waals surface area contributed by atoms with Gasteiger partial charge < -0.3 is 10.6 Å². The maximum absolute atomic E-state index is 4.34. The molecule has 1 atom stereocenters. The van der Waals surface area contributed by atoms with E-state index in [0.29, 0.717) is 11.5 Å². The highest BCUT2D eigenvalue weighted by molar-refractivity contribution is 5.58. The second-order valence-corrected chi connectivity index (χ2v) is 5.04. The third-order valence-electron chi connectivity index (χ3n) is 3.36.